The first-order chi connectivity index (χ1) is 8.76. The number of rotatable bonds is 3. The highest BCUT2D eigenvalue weighted by molar-refractivity contribution is 5.35. The highest BCUT2D eigenvalue weighted by Gasteiger charge is 2.47. The molecule has 0 spiro atoms. The van der Waals surface area contributed by atoms with Gasteiger partial charge in [-0.25, -0.2) is 6.57 Å². The molecule has 1 aromatic carbocycles. The van der Waals surface area contributed by atoms with Gasteiger partial charge in [0.1, 0.15) is 5.75 Å². The Hall–Kier alpha value is -1.53. The van der Waals surface area contributed by atoms with Gasteiger partial charge < -0.3 is 14.3 Å². The first kappa shape index (κ1) is 12.9. The van der Waals surface area contributed by atoms with Crippen LogP contribution in [0.3, 0.4) is 0 Å². The lowest BCUT2D eigenvalue weighted by molar-refractivity contribution is -0.0498. The lowest BCUT2D eigenvalue weighted by Gasteiger charge is -2.36. The van der Waals surface area contributed by atoms with Gasteiger partial charge in [-0.2, -0.15) is 0 Å². The van der Waals surface area contributed by atoms with E-state index in [4.69, 9.17) is 16.0 Å². The first-order valence-electron chi connectivity index (χ1n) is 6.33. The van der Waals surface area contributed by atoms with Crippen molar-refractivity contribution in [2.24, 2.45) is 0 Å². The summed E-state index contributed by atoms with van der Waals surface area (Å²) in [5.74, 6) is 0.818. The van der Waals surface area contributed by atoms with E-state index in [-0.39, 0.29) is 6.04 Å². The summed E-state index contributed by atoms with van der Waals surface area (Å²) in [5, 5.41) is 0. The predicted molar refractivity (Wildman–Crippen MR) is 70.5 cm³/mol. The monoisotopic (exact) mass is 245 g/mol. The molecule has 0 heterocycles. The summed E-state index contributed by atoms with van der Waals surface area (Å²) >= 11 is 0. The summed E-state index contributed by atoms with van der Waals surface area (Å²) in [6.45, 7) is 7.42. The number of methoxy groups -OCH3 is 2. The molecule has 1 saturated carbocycles. The summed E-state index contributed by atoms with van der Waals surface area (Å²) in [6, 6.07) is 7.82. The van der Waals surface area contributed by atoms with E-state index in [0.29, 0.717) is 0 Å². The molecule has 3 heteroatoms. The van der Waals surface area contributed by atoms with Gasteiger partial charge in [0.25, 0.3) is 6.04 Å². The van der Waals surface area contributed by atoms with Crippen LogP contribution in [0.25, 0.3) is 4.85 Å². The van der Waals surface area contributed by atoms with Crippen LogP contribution < -0.4 is 4.74 Å². The third kappa shape index (κ3) is 2.09. The van der Waals surface area contributed by atoms with Gasteiger partial charge in [-0.05, 0) is 37.0 Å². The number of benzene rings is 1. The van der Waals surface area contributed by atoms with E-state index in [9.17, 15) is 0 Å². The fourth-order valence-electron chi connectivity index (χ4n) is 2.87. The van der Waals surface area contributed by atoms with Crippen molar-refractivity contribution in [1.29, 1.82) is 0 Å². The van der Waals surface area contributed by atoms with Gasteiger partial charge in [-0.1, -0.05) is 12.1 Å². The molecular formula is C15H19NO2. The smallest absolute Gasteiger partial charge is 0.256 e. The van der Waals surface area contributed by atoms with Crippen LogP contribution in [0.2, 0.25) is 0 Å². The number of nitrogens with zero attached hydrogens (tertiary/aromatic N) is 1. The molecule has 0 amide bonds. The van der Waals surface area contributed by atoms with E-state index in [1.165, 1.54) is 0 Å². The van der Waals surface area contributed by atoms with Gasteiger partial charge in [0, 0.05) is 13.5 Å². The molecule has 0 aliphatic heterocycles. The summed E-state index contributed by atoms with van der Waals surface area (Å²) < 4.78 is 11.1. The number of ether oxygens (including phenoxy) is 2. The molecule has 1 fully saturated rings. The van der Waals surface area contributed by atoms with Crippen molar-refractivity contribution < 1.29 is 9.47 Å². The van der Waals surface area contributed by atoms with Crippen molar-refractivity contribution in [3.05, 3.63) is 41.2 Å². The minimum absolute atomic E-state index is 0.0941. The Bertz CT molecular complexity index is 452. The molecule has 0 bridgehead atoms. The zero-order valence-electron chi connectivity index (χ0n) is 11.0. The van der Waals surface area contributed by atoms with E-state index < -0.39 is 5.60 Å². The highest BCUT2D eigenvalue weighted by Crippen LogP contribution is 2.42. The van der Waals surface area contributed by atoms with E-state index in [0.717, 1.165) is 37.0 Å². The second kappa shape index (κ2) is 5.41. The largest absolute Gasteiger partial charge is 0.497 e. The minimum Gasteiger partial charge on any atom is -0.497 e. The van der Waals surface area contributed by atoms with Crippen molar-refractivity contribution in [1.82, 2.24) is 0 Å². The van der Waals surface area contributed by atoms with Crippen LogP contribution in [-0.2, 0) is 10.3 Å². The van der Waals surface area contributed by atoms with Gasteiger partial charge in [0.2, 0.25) is 0 Å². The van der Waals surface area contributed by atoms with E-state index in [1.54, 1.807) is 14.2 Å². The lowest BCUT2D eigenvalue weighted by Crippen LogP contribution is -2.42. The maximum atomic E-state index is 7.42. The Morgan fingerprint density at radius 3 is 2.83 bits per heavy atom. The first-order valence-corrected chi connectivity index (χ1v) is 6.33. The average molecular weight is 245 g/mol. The maximum Gasteiger partial charge on any atom is 0.256 e. The van der Waals surface area contributed by atoms with Crippen LogP contribution in [0.1, 0.15) is 31.2 Å². The quantitative estimate of drug-likeness (QED) is 0.762. The fraction of sp³-hybridized carbons (Fsp3) is 0.533. The second-order valence-electron chi connectivity index (χ2n) is 4.72. The molecule has 2 rings (SSSR count). The predicted octanol–water partition coefficient (Wildman–Crippen LogP) is 3.40. The molecule has 3 nitrogen and oxygen atoms in total. The molecular weight excluding hydrogens is 226 g/mol. The van der Waals surface area contributed by atoms with E-state index in [2.05, 4.69) is 4.85 Å². The summed E-state index contributed by atoms with van der Waals surface area (Å²) in [4.78, 5) is 3.79. The number of hydrogen-bond donors (Lipinski definition) is 0. The highest BCUT2D eigenvalue weighted by atomic mass is 16.5. The van der Waals surface area contributed by atoms with Crippen LogP contribution in [0.4, 0.5) is 0 Å². The van der Waals surface area contributed by atoms with Crippen LogP contribution in [-0.4, -0.2) is 20.3 Å². The Balaban J connectivity index is 2.44. The molecule has 0 radical (unpaired) electrons. The normalized spacial score (nSPS) is 27.5. The van der Waals surface area contributed by atoms with Crippen molar-refractivity contribution >= 4 is 0 Å². The summed E-state index contributed by atoms with van der Waals surface area (Å²) in [5.41, 5.74) is 0.596. The molecule has 1 aliphatic carbocycles. The molecule has 2 atom stereocenters. The fourth-order valence-corrected chi connectivity index (χ4v) is 2.87. The molecule has 1 aliphatic rings. The van der Waals surface area contributed by atoms with Crippen molar-refractivity contribution in [3.8, 4) is 5.75 Å². The van der Waals surface area contributed by atoms with Crippen LogP contribution >= 0.6 is 0 Å². The molecule has 96 valence electrons. The van der Waals surface area contributed by atoms with Gasteiger partial charge in [0.15, 0.2) is 5.60 Å². The van der Waals surface area contributed by atoms with Crippen molar-refractivity contribution in [3.63, 3.8) is 0 Å². The molecule has 18 heavy (non-hydrogen) atoms. The Morgan fingerprint density at radius 2 is 2.17 bits per heavy atom. The molecule has 0 aromatic heterocycles. The zero-order chi connectivity index (χ0) is 13.0. The van der Waals surface area contributed by atoms with Crippen LogP contribution in [0.15, 0.2) is 24.3 Å². The van der Waals surface area contributed by atoms with Crippen LogP contribution in [0.5, 0.6) is 5.75 Å². The van der Waals surface area contributed by atoms with E-state index in [1.807, 2.05) is 24.3 Å². The topological polar surface area (TPSA) is 22.8 Å². The van der Waals surface area contributed by atoms with Crippen LogP contribution in [0, 0.1) is 6.57 Å². The van der Waals surface area contributed by atoms with Gasteiger partial charge in [0.05, 0.1) is 7.11 Å². The zero-order valence-corrected chi connectivity index (χ0v) is 11.0. The van der Waals surface area contributed by atoms with Crippen molar-refractivity contribution in [2.45, 2.75) is 37.3 Å². The van der Waals surface area contributed by atoms with E-state index >= 15 is 0 Å². The third-order valence-electron chi connectivity index (χ3n) is 3.89. The molecule has 1 aromatic rings. The lowest BCUT2D eigenvalue weighted by atomic mass is 9.76. The molecule has 0 unspecified atom stereocenters. The Kier molecular flexibility index (Phi) is 3.88. The Labute approximate surface area is 109 Å². The maximum absolute atomic E-state index is 7.42. The minimum atomic E-state index is -0.464. The number of hydrogen-bond acceptors (Lipinski definition) is 2. The molecule has 0 saturated heterocycles. The summed E-state index contributed by atoms with van der Waals surface area (Å²) in [7, 11) is 3.37. The third-order valence-corrected chi connectivity index (χ3v) is 3.89. The van der Waals surface area contributed by atoms with Crippen molar-refractivity contribution in [2.75, 3.05) is 14.2 Å². The Morgan fingerprint density at radius 1 is 1.33 bits per heavy atom. The average Bonchev–Trinajstić information content (AvgIpc) is 2.47. The second-order valence-corrected chi connectivity index (χ2v) is 4.72. The van der Waals surface area contributed by atoms with Gasteiger partial charge in [-0.15, -0.1) is 0 Å². The van der Waals surface area contributed by atoms with Gasteiger partial charge >= 0.3 is 0 Å². The standard InChI is InChI=1S/C15H19NO2/c1-16-14-9-4-5-10-15(14,18-3)12-7-6-8-13(11-12)17-2/h6-8,11,14H,4-5,9-10H2,2-3H3/t14-,15+/m1/s1. The molecule has 0 N–H and O–H groups in total. The summed E-state index contributed by atoms with van der Waals surface area (Å²) in [6.07, 6.45) is 4.04. The SMILES string of the molecule is [C-]#[N+][C@@H]1CCCC[C@]1(OC)c1cccc(OC)c1. The van der Waals surface area contributed by atoms with Gasteiger partial charge in [-0.3, -0.25) is 0 Å².